The second kappa shape index (κ2) is 5.56. The molecule has 0 radical (unpaired) electrons. The standard InChI is InChI=1S/C14H16N6/c15-12-10-17-13-5-2-1-4-11(13)14(12)16-6-3-8-20-9-7-18-19-20/h1-2,4-5,7,9-10H,3,6,8,15H2,(H,16,17). The smallest absolute Gasteiger partial charge is 0.0743 e. The predicted molar refractivity (Wildman–Crippen MR) is 79.3 cm³/mol. The number of rotatable bonds is 5. The zero-order valence-corrected chi connectivity index (χ0v) is 11.0. The molecule has 2 aromatic heterocycles. The summed E-state index contributed by atoms with van der Waals surface area (Å²) in [6, 6.07) is 7.97. The molecule has 0 bridgehead atoms. The summed E-state index contributed by atoms with van der Waals surface area (Å²) in [4.78, 5) is 4.32. The number of nitrogens with zero attached hydrogens (tertiary/aromatic N) is 4. The summed E-state index contributed by atoms with van der Waals surface area (Å²) in [5, 5.41) is 12.2. The number of nitrogens with one attached hydrogen (secondary N) is 1. The van der Waals surface area contributed by atoms with Gasteiger partial charge in [0.1, 0.15) is 0 Å². The normalized spacial score (nSPS) is 10.8. The van der Waals surface area contributed by atoms with Crippen molar-refractivity contribution in [2.75, 3.05) is 17.6 Å². The Balaban J connectivity index is 1.69. The number of fused-ring (bicyclic) bond motifs is 1. The molecule has 1 aromatic carbocycles. The van der Waals surface area contributed by atoms with Gasteiger partial charge in [-0.1, -0.05) is 23.4 Å². The number of benzene rings is 1. The number of nitrogens with two attached hydrogens (primary N) is 1. The molecule has 0 fully saturated rings. The van der Waals surface area contributed by atoms with Crippen molar-refractivity contribution in [1.82, 2.24) is 20.0 Å². The first-order valence-corrected chi connectivity index (χ1v) is 6.56. The van der Waals surface area contributed by atoms with E-state index >= 15 is 0 Å². The highest BCUT2D eigenvalue weighted by atomic mass is 15.4. The zero-order valence-electron chi connectivity index (χ0n) is 11.0. The van der Waals surface area contributed by atoms with Crippen molar-refractivity contribution in [1.29, 1.82) is 0 Å². The summed E-state index contributed by atoms with van der Waals surface area (Å²) in [6.07, 6.45) is 6.18. The van der Waals surface area contributed by atoms with E-state index in [1.54, 1.807) is 12.4 Å². The zero-order chi connectivity index (χ0) is 13.8. The number of hydrogen-bond acceptors (Lipinski definition) is 5. The highest BCUT2D eigenvalue weighted by molar-refractivity contribution is 5.96. The molecule has 6 heteroatoms. The quantitative estimate of drug-likeness (QED) is 0.691. The second-order valence-corrected chi connectivity index (χ2v) is 4.55. The Labute approximate surface area is 116 Å². The van der Waals surface area contributed by atoms with Crippen LogP contribution in [0.25, 0.3) is 10.9 Å². The van der Waals surface area contributed by atoms with E-state index in [9.17, 15) is 0 Å². The Kier molecular flexibility index (Phi) is 3.45. The van der Waals surface area contributed by atoms with Crippen LogP contribution in [-0.2, 0) is 6.54 Å². The van der Waals surface area contributed by atoms with Gasteiger partial charge in [0.15, 0.2) is 0 Å². The SMILES string of the molecule is Nc1cnc2ccccc2c1NCCCn1ccnn1. The van der Waals surface area contributed by atoms with Crippen LogP contribution in [0.5, 0.6) is 0 Å². The van der Waals surface area contributed by atoms with Gasteiger partial charge in [0.25, 0.3) is 0 Å². The van der Waals surface area contributed by atoms with Crippen LogP contribution in [-0.4, -0.2) is 26.5 Å². The molecule has 0 amide bonds. The molecule has 0 aliphatic heterocycles. The van der Waals surface area contributed by atoms with Crippen molar-refractivity contribution in [3.63, 3.8) is 0 Å². The molecule has 0 saturated heterocycles. The van der Waals surface area contributed by atoms with E-state index in [2.05, 4.69) is 20.6 Å². The van der Waals surface area contributed by atoms with Gasteiger partial charge in [0.2, 0.25) is 0 Å². The largest absolute Gasteiger partial charge is 0.396 e. The lowest BCUT2D eigenvalue weighted by Crippen LogP contribution is -2.09. The number of aryl methyl sites for hydroxylation is 1. The van der Waals surface area contributed by atoms with Crippen LogP contribution in [0.1, 0.15) is 6.42 Å². The van der Waals surface area contributed by atoms with Crippen molar-refractivity contribution in [3.8, 4) is 0 Å². The van der Waals surface area contributed by atoms with Gasteiger partial charge in [-0.15, -0.1) is 5.10 Å². The number of hydrogen-bond donors (Lipinski definition) is 2. The Morgan fingerprint density at radius 3 is 3.00 bits per heavy atom. The third kappa shape index (κ3) is 2.54. The predicted octanol–water partition coefficient (Wildman–Crippen LogP) is 1.91. The van der Waals surface area contributed by atoms with Crippen LogP contribution in [0.2, 0.25) is 0 Å². The Hall–Kier alpha value is -2.63. The summed E-state index contributed by atoms with van der Waals surface area (Å²) in [5.74, 6) is 0. The molecule has 0 saturated carbocycles. The number of pyridine rings is 1. The minimum absolute atomic E-state index is 0.671. The van der Waals surface area contributed by atoms with E-state index in [4.69, 9.17) is 5.73 Å². The van der Waals surface area contributed by atoms with Crippen LogP contribution in [0, 0.1) is 0 Å². The van der Waals surface area contributed by atoms with Crippen molar-refractivity contribution in [2.24, 2.45) is 0 Å². The monoisotopic (exact) mass is 268 g/mol. The molecular formula is C14H16N6. The third-order valence-electron chi connectivity index (χ3n) is 3.14. The summed E-state index contributed by atoms with van der Waals surface area (Å²) in [7, 11) is 0. The van der Waals surface area contributed by atoms with Crippen molar-refractivity contribution in [2.45, 2.75) is 13.0 Å². The first-order valence-electron chi connectivity index (χ1n) is 6.56. The lowest BCUT2D eigenvalue weighted by Gasteiger charge is -2.12. The molecule has 102 valence electrons. The van der Waals surface area contributed by atoms with Gasteiger partial charge in [-0.3, -0.25) is 9.67 Å². The summed E-state index contributed by atoms with van der Waals surface area (Å²) in [5.41, 5.74) is 8.58. The fourth-order valence-electron chi connectivity index (χ4n) is 2.16. The molecule has 0 atom stereocenters. The van der Waals surface area contributed by atoms with Crippen LogP contribution < -0.4 is 11.1 Å². The van der Waals surface area contributed by atoms with Crippen LogP contribution in [0.4, 0.5) is 11.4 Å². The molecule has 3 N–H and O–H groups in total. The number of para-hydroxylation sites is 1. The maximum absolute atomic E-state index is 6.01. The highest BCUT2D eigenvalue weighted by Crippen LogP contribution is 2.27. The fourth-order valence-corrected chi connectivity index (χ4v) is 2.16. The molecule has 0 spiro atoms. The van der Waals surface area contributed by atoms with Gasteiger partial charge in [-0.25, -0.2) is 0 Å². The summed E-state index contributed by atoms with van der Waals surface area (Å²) < 4.78 is 1.82. The first kappa shape index (κ1) is 12.4. The van der Waals surface area contributed by atoms with E-state index < -0.39 is 0 Å². The van der Waals surface area contributed by atoms with Crippen LogP contribution in [0.15, 0.2) is 42.9 Å². The Morgan fingerprint density at radius 1 is 1.25 bits per heavy atom. The van der Waals surface area contributed by atoms with Crippen LogP contribution in [0.3, 0.4) is 0 Å². The number of nitrogen functional groups attached to an aromatic ring is 1. The van der Waals surface area contributed by atoms with E-state index in [0.717, 1.165) is 36.1 Å². The second-order valence-electron chi connectivity index (χ2n) is 4.55. The average molecular weight is 268 g/mol. The van der Waals surface area contributed by atoms with Gasteiger partial charge in [-0.2, -0.15) is 0 Å². The molecule has 3 aromatic rings. The van der Waals surface area contributed by atoms with Crippen molar-refractivity contribution < 1.29 is 0 Å². The number of anilines is 2. The Bertz CT molecular complexity index is 692. The van der Waals surface area contributed by atoms with E-state index in [0.29, 0.717) is 5.69 Å². The third-order valence-corrected chi connectivity index (χ3v) is 3.14. The van der Waals surface area contributed by atoms with Gasteiger partial charge >= 0.3 is 0 Å². The maximum Gasteiger partial charge on any atom is 0.0743 e. The summed E-state index contributed by atoms with van der Waals surface area (Å²) >= 11 is 0. The lowest BCUT2D eigenvalue weighted by atomic mass is 10.1. The molecule has 6 nitrogen and oxygen atoms in total. The van der Waals surface area contributed by atoms with E-state index in [-0.39, 0.29) is 0 Å². The minimum atomic E-state index is 0.671. The average Bonchev–Trinajstić information content (AvgIpc) is 2.98. The first-order chi connectivity index (χ1) is 9.84. The molecule has 3 rings (SSSR count). The molecule has 0 aliphatic rings. The van der Waals surface area contributed by atoms with Crippen molar-refractivity contribution >= 4 is 22.3 Å². The van der Waals surface area contributed by atoms with Crippen molar-refractivity contribution in [3.05, 3.63) is 42.9 Å². The van der Waals surface area contributed by atoms with Crippen LogP contribution >= 0.6 is 0 Å². The molecular weight excluding hydrogens is 252 g/mol. The lowest BCUT2D eigenvalue weighted by molar-refractivity contribution is 0.570. The topological polar surface area (TPSA) is 81.6 Å². The number of aromatic nitrogens is 4. The minimum Gasteiger partial charge on any atom is -0.396 e. The molecule has 20 heavy (non-hydrogen) atoms. The van der Waals surface area contributed by atoms with Gasteiger partial charge in [-0.05, 0) is 12.5 Å². The summed E-state index contributed by atoms with van der Waals surface area (Å²) in [6.45, 7) is 1.65. The maximum atomic E-state index is 6.01. The van der Waals surface area contributed by atoms with Gasteiger partial charge < -0.3 is 11.1 Å². The van der Waals surface area contributed by atoms with E-state index in [1.807, 2.05) is 35.1 Å². The molecule has 0 unspecified atom stereocenters. The van der Waals surface area contributed by atoms with Gasteiger partial charge in [0.05, 0.1) is 29.3 Å². The molecule has 2 heterocycles. The fraction of sp³-hybridized carbons (Fsp3) is 0.214. The van der Waals surface area contributed by atoms with E-state index in [1.165, 1.54) is 0 Å². The van der Waals surface area contributed by atoms with Gasteiger partial charge in [0, 0.05) is 24.7 Å². The molecule has 0 aliphatic carbocycles. The Morgan fingerprint density at radius 2 is 2.15 bits per heavy atom. The highest BCUT2D eigenvalue weighted by Gasteiger charge is 2.05.